The molecule has 1 saturated carbocycles. The van der Waals surface area contributed by atoms with Gasteiger partial charge in [0.25, 0.3) is 0 Å². The number of methoxy groups -OCH3 is 1. The van der Waals surface area contributed by atoms with E-state index < -0.39 is 5.97 Å². The summed E-state index contributed by atoms with van der Waals surface area (Å²) in [4.78, 5) is 30.2. The molecule has 1 aromatic heterocycles. The number of hydrogen-bond donors (Lipinski definition) is 1. The molecule has 0 saturated heterocycles. The second kappa shape index (κ2) is 7.69. The van der Waals surface area contributed by atoms with Gasteiger partial charge in [0.1, 0.15) is 5.82 Å². The molecule has 7 nitrogen and oxygen atoms in total. The first-order valence-electron chi connectivity index (χ1n) is 10.5. The first-order chi connectivity index (χ1) is 13.9. The molecular formula is C22H29N3O4. The van der Waals surface area contributed by atoms with E-state index in [4.69, 9.17) is 9.72 Å². The number of carboxylic acids is 1. The van der Waals surface area contributed by atoms with E-state index in [-0.39, 0.29) is 24.0 Å². The van der Waals surface area contributed by atoms with Crippen LogP contribution in [-0.4, -0.2) is 45.3 Å². The van der Waals surface area contributed by atoms with Crippen molar-refractivity contribution < 1.29 is 19.4 Å². The van der Waals surface area contributed by atoms with E-state index in [1.807, 2.05) is 0 Å². The second-order valence-electron chi connectivity index (χ2n) is 8.53. The Bertz CT molecular complexity index is 941. The third-order valence-corrected chi connectivity index (χ3v) is 6.48. The Balaban J connectivity index is 1.74. The Morgan fingerprint density at radius 3 is 2.55 bits per heavy atom. The van der Waals surface area contributed by atoms with Crippen LogP contribution in [0.2, 0.25) is 0 Å². The summed E-state index contributed by atoms with van der Waals surface area (Å²) in [6, 6.07) is 4.57. The lowest BCUT2D eigenvalue weighted by molar-refractivity contribution is -0.142. The van der Waals surface area contributed by atoms with Crippen LogP contribution in [0.5, 0.6) is 0 Å². The SMILES string of the molecule is COC(=O)N1CCc2ccc3c(nc(C4CCC(C(=O)O)CC4)n3C(C)C)c2C1. The molecule has 1 aliphatic carbocycles. The normalized spacial score (nSPS) is 22.0. The minimum atomic E-state index is -0.683. The van der Waals surface area contributed by atoms with Gasteiger partial charge < -0.3 is 19.3 Å². The van der Waals surface area contributed by atoms with Crippen molar-refractivity contribution in [3.63, 3.8) is 0 Å². The van der Waals surface area contributed by atoms with Crippen molar-refractivity contribution in [2.75, 3.05) is 13.7 Å². The number of benzene rings is 1. The van der Waals surface area contributed by atoms with E-state index in [0.717, 1.165) is 41.7 Å². The van der Waals surface area contributed by atoms with Gasteiger partial charge in [0.15, 0.2) is 0 Å². The fourth-order valence-corrected chi connectivity index (χ4v) is 4.93. The predicted octanol–water partition coefficient (Wildman–Crippen LogP) is 4.10. The van der Waals surface area contributed by atoms with Crippen LogP contribution in [0.4, 0.5) is 4.79 Å². The van der Waals surface area contributed by atoms with E-state index in [2.05, 4.69) is 30.5 Å². The topological polar surface area (TPSA) is 84.7 Å². The number of aliphatic carboxylic acids is 1. The zero-order valence-electron chi connectivity index (χ0n) is 17.4. The summed E-state index contributed by atoms with van der Waals surface area (Å²) in [5, 5.41) is 9.31. The molecule has 4 rings (SSSR count). The fourth-order valence-electron chi connectivity index (χ4n) is 4.93. The first kappa shape index (κ1) is 19.7. The van der Waals surface area contributed by atoms with Gasteiger partial charge in [0.05, 0.1) is 30.6 Å². The molecule has 0 spiro atoms. The molecule has 156 valence electrons. The standard InChI is InChI=1S/C22H29N3O4/c1-13(2)25-18-9-8-14-10-11-24(22(28)29-3)12-17(14)19(18)23-20(25)15-4-6-16(7-5-15)21(26)27/h8-9,13,15-16H,4-7,10-12H2,1-3H3,(H,26,27). The lowest BCUT2D eigenvalue weighted by Crippen LogP contribution is -2.35. The van der Waals surface area contributed by atoms with Crippen molar-refractivity contribution in [3.05, 3.63) is 29.1 Å². The van der Waals surface area contributed by atoms with Crippen LogP contribution < -0.4 is 0 Å². The maximum absolute atomic E-state index is 12.1. The van der Waals surface area contributed by atoms with Gasteiger partial charge in [-0.25, -0.2) is 9.78 Å². The average molecular weight is 399 g/mol. The summed E-state index contributed by atoms with van der Waals surface area (Å²) in [6.07, 6.45) is 3.61. The number of amides is 1. The van der Waals surface area contributed by atoms with Crippen LogP contribution in [0.25, 0.3) is 11.0 Å². The summed E-state index contributed by atoms with van der Waals surface area (Å²) in [7, 11) is 1.41. The number of nitrogens with zero attached hydrogens (tertiary/aromatic N) is 3. The molecule has 0 atom stereocenters. The molecule has 7 heteroatoms. The molecule has 1 N–H and O–H groups in total. The van der Waals surface area contributed by atoms with Crippen molar-refractivity contribution in [1.82, 2.24) is 14.5 Å². The van der Waals surface area contributed by atoms with E-state index in [0.29, 0.717) is 25.9 Å². The minimum absolute atomic E-state index is 0.232. The predicted molar refractivity (Wildman–Crippen MR) is 109 cm³/mol. The Kier molecular flexibility index (Phi) is 5.23. The molecule has 1 amide bonds. The Hall–Kier alpha value is -2.57. The number of imidazole rings is 1. The van der Waals surface area contributed by atoms with Gasteiger partial charge >= 0.3 is 12.1 Å². The summed E-state index contributed by atoms with van der Waals surface area (Å²) >= 11 is 0. The van der Waals surface area contributed by atoms with Crippen molar-refractivity contribution >= 4 is 23.1 Å². The van der Waals surface area contributed by atoms with E-state index in [1.165, 1.54) is 12.7 Å². The number of carbonyl (C=O) groups is 2. The van der Waals surface area contributed by atoms with Crippen molar-refractivity contribution in [2.24, 2.45) is 5.92 Å². The van der Waals surface area contributed by atoms with E-state index in [1.54, 1.807) is 4.90 Å². The number of carbonyl (C=O) groups excluding carboxylic acids is 1. The second-order valence-corrected chi connectivity index (χ2v) is 8.53. The number of hydrogen-bond acceptors (Lipinski definition) is 4. The monoisotopic (exact) mass is 399 g/mol. The molecule has 1 aliphatic heterocycles. The molecule has 1 aromatic carbocycles. The Morgan fingerprint density at radius 2 is 1.93 bits per heavy atom. The van der Waals surface area contributed by atoms with Crippen molar-refractivity contribution in [2.45, 2.75) is 64.5 Å². The summed E-state index contributed by atoms with van der Waals surface area (Å²) in [5.74, 6) is 0.418. The fraction of sp³-hybridized carbons (Fsp3) is 0.591. The van der Waals surface area contributed by atoms with E-state index in [9.17, 15) is 14.7 Å². The van der Waals surface area contributed by atoms with Crippen LogP contribution in [0.15, 0.2) is 12.1 Å². The maximum atomic E-state index is 12.1. The van der Waals surface area contributed by atoms with E-state index >= 15 is 0 Å². The highest BCUT2D eigenvalue weighted by molar-refractivity contribution is 5.82. The van der Waals surface area contributed by atoms with Gasteiger partial charge in [0, 0.05) is 24.1 Å². The molecule has 0 unspecified atom stereocenters. The molecule has 0 bridgehead atoms. The quantitative estimate of drug-likeness (QED) is 0.840. The lowest BCUT2D eigenvalue weighted by Gasteiger charge is -2.28. The van der Waals surface area contributed by atoms with Gasteiger partial charge in [-0.05, 0) is 57.6 Å². The maximum Gasteiger partial charge on any atom is 0.409 e. The summed E-state index contributed by atoms with van der Waals surface area (Å²) in [5.41, 5.74) is 4.42. The van der Waals surface area contributed by atoms with Gasteiger partial charge in [-0.15, -0.1) is 0 Å². The molecule has 2 aromatic rings. The molecular weight excluding hydrogens is 370 g/mol. The van der Waals surface area contributed by atoms with Gasteiger partial charge in [-0.2, -0.15) is 0 Å². The largest absolute Gasteiger partial charge is 0.481 e. The first-order valence-corrected chi connectivity index (χ1v) is 10.5. The molecule has 2 aliphatic rings. The van der Waals surface area contributed by atoms with Crippen LogP contribution in [0, 0.1) is 5.92 Å². The number of carboxylic acid groups (broad SMARTS) is 1. The Labute approximate surface area is 170 Å². The Morgan fingerprint density at radius 1 is 1.21 bits per heavy atom. The molecule has 1 fully saturated rings. The molecule has 29 heavy (non-hydrogen) atoms. The van der Waals surface area contributed by atoms with Crippen molar-refractivity contribution in [1.29, 1.82) is 0 Å². The van der Waals surface area contributed by atoms with Gasteiger partial charge in [-0.1, -0.05) is 6.07 Å². The summed E-state index contributed by atoms with van der Waals surface area (Å²) < 4.78 is 7.23. The third-order valence-electron chi connectivity index (χ3n) is 6.48. The van der Waals surface area contributed by atoms with Crippen LogP contribution >= 0.6 is 0 Å². The highest BCUT2D eigenvalue weighted by Crippen LogP contribution is 2.39. The zero-order chi connectivity index (χ0) is 20.7. The number of aromatic nitrogens is 2. The number of rotatable bonds is 3. The molecule has 0 radical (unpaired) electrons. The number of fused-ring (bicyclic) bond motifs is 3. The van der Waals surface area contributed by atoms with Gasteiger partial charge in [0.2, 0.25) is 0 Å². The minimum Gasteiger partial charge on any atom is -0.481 e. The number of ether oxygens (including phenoxy) is 1. The smallest absolute Gasteiger partial charge is 0.409 e. The summed E-state index contributed by atoms with van der Waals surface area (Å²) in [6.45, 7) is 5.49. The van der Waals surface area contributed by atoms with Crippen molar-refractivity contribution in [3.8, 4) is 0 Å². The van der Waals surface area contributed by atoms with Gasteiger partial charge in [-0.3, -0.25) is 4.79 Å². The molecule has 2 heterocycles. The van der Waals surface area contributed by atoms with Crippen LogP contribution in [-0.2, 0) is 22.5 Å². The van der Waals surface area contributed by atoms with Crippen LogP contribution in [0.3, 0.4) is 0 Å². The lowest BCUT2D eigenvalue weighted by atomic mass is 9.81. The highest BCUT2D eigenvalue weighted by Gasteiger charge is 2.32. The van der Waals surface area contributed by atoms with Crippen LogP contribution in [0.1, 0.15) is 68.4 Å². The third kappa shape index (κ3) is 3.47. The average Bonchev–Trinajstić information content (AvgIpc) is 3.13. The zero-order valence-corrected chi connectivity index (χ0v) is 17.4. The highest BCUT2D eigenvalue weighted by atomic mass is 16.5.